The highest BCUT2D eigenvalue weighted by Crippen LogP contribution is 2.29. The molecule has 0 aliphatic rings. The second-order valence-corrected chi connectivity index (χ2v) is 4.65. The molecule has 2 nitrogen and oxygen atoms in total. The number of thioether (sulfide) groups is 1. The molecule has 3 N–H and O–H groups in total. The van der Waals surface area contributed by atoms with Crippen LogP contribution >= 0.6 is 11.8 Å². The van der Waals surface area contributed by atoms with E-state index in [4.69, 9.17) is 11.1 Å². The monoisotopic (exact) mass is 226 g/mol. The molecule has 0 aliphatic heterocycles. The fourth-order valence-electron chi connectivity index (χ4n) is 1.23. The van der Waals surface area contributed by atoms with Gasteiger partial charge in [-0.2, -0.15) is 0 Å². The van der Waals surface area contributed by atoms with Gasteiger partial charge in [-0.1, -0.05) is 19.1 Å². The van der Waals surface area contributed by atoms with Crippen molar-refractivity contribution in [1.82, 2.24) is 0 Å². The van der Waals surface area contributed by atoms with Gasteiger partial charge in [0.05, 0.1) is 5.84 Å². The van der Waals surface area contributed by atoms with Crippen LogP contribution in [-0.4, -0.2) is 11.1 Å². The smallest absolute Gasteiger partial charge is 0.136 e. The number of hydrogen-bond donors (Lipinski definition) is 2. The van der Waals surface area contributed by atoms with Crippen LogP contribution in [0.4, 0.5) is 4.39 Å². The predicted molar refractivity (Wildman–Crippen MR) is 62.9 cm³/mol. The van der Waals surface area contributed by atoms with Crippen LogP contribution in [-0.2, 0) is 0 Å². The van der Waals surface area contributed by atoms with Crippen molar-refractivity contribution in [2.75, 3.05) is 0 Å². The second-order valence-electron chi connectivity index (χ2n) is 3.31. The first-order valence-electron chi connectivity index (χ1n) is 4.87. The summed E-state index contributed by atoms with van der Waals surface area (Å²) in [6.45, 7) is 2.02. The minimum absolute atomic E-state index is 0.158. The van der Waals surface area contributed by atoms with Crippen LogP contribution in [0.25, 0.3) is 0 Å². The first-order valence-corrected chi connectivity index (χ1v) is 5.75. The fourth-order valence-corrected chi connectivity index (χ4v) is 2.36. The molecule has 0 saturated carbocycles. The molecule has 1 aromatic rings. The first kappa shape index (κ1) is 12.0. The van der Waals surface area contributed by atoms with E-state index >= 15 is 0 Å². The van der Waals surface area contributed by atoms with E-state index in [1.165, 1.54) is 17.8 Å². The van der Waals surface area contributed by atoms with Gasteiger partial charge in [0.25, 0.3) is 0 Å². The third-order valence-corrected chi connectivity index (χ3v) is 3.45. The molecule has 0 amide bonds. The summed E-state index contributed by atoms with van der Waals surface area (Å²) in [6, 6.07) is 6.68. The van der Waals surface area contributed by atoms with Crippen molar-refractivity contribution in [3.8, 4) is 0 Å². The predicted octanol–water partition coefficient (Wildman–Crippen LogP) is 3.02. The highest BCUT2D eigenvalue weighted by molar-refractivity contribution is 8.00. The Morgan fingerprint density at radius 2 is 2.20 bits per heavy atom. The molecule has 0 bridgehead atoms. The molecule has 0 radical (unpaired) electrons. The standard InChI is InChI=1S/C11H15FN2S/c1-2-8(7-11(13)14)15-10-6-4-3-5-9(10)12/h3-6,8H,2,7H2,1H3,(H3,13,14). The highest BCUT2D eigenvalue weighted by Gasteiger charge is 2.11. The van der Waals surface area contributed by atoms with Crippen LogP contribution in [0.2, 0.25) is 0 Å². The van der Waals surface area contributed by atoms with Gasteiger partial charge in [0.15, 0.2) is 0 Å². The Morgan fingerprint density at radius 3 is 2.73 bits per heavy atom. The molecule has 1 aromatic carbocycles. The number of nitrogens with two attached hydrogens (primary N) is 1. The lowest BCUT2D eigenvalue weighted by molar-refractivity contribution is 0.601. The summed E-state index contributed by atoms with van der Waals surface area (Å²) in [5, 5.41) is 7.40. The number of benzene rings is 1. The first-order chi connectivity index (χ1) is 7.13. The van der Waals surface area contributed by atoms with Gasteiger partial charge in [0.2, 0.25) is 0 Å². The molecule has 15 heavy (non-hydrogen) atoms. The summed E-state index contributed by atoms with van der Waals surface area (Å²) in [7, 11) is 0. The Labute approximate surface area is 93.6 Å². The maximum atomic E-state index is 13.3. The summed E-state index contributed by atoms with van der Waals surface area (Å²) in [5.41, 5.74) is 5.34. The molecule has 1 rings (SSSR count). The SMILES string of the molecule is CCC(CC(=N)N)Sc1ccccc1F. The van der Waals surface area contributed by atoms with Crippen molar-refractivity contribution in [3.05, 3.63) is 30.1 Å². The largest absolute Gasteiger partial charge is 0.388 e. The third kappa shape index (κ3) is 3.91. The average Bonchev–Trinajstić information content (AvgIpc) is 2.19. The lowest BCUT2D eigenvalue weighted by Crippen LogP contribution is -2.16. The van der Waals surface area contributed by atoms with E-state index in [-0.39, 0.29) is 16.9 Å². The Bertz CT molecular complexity index is 341. The van der Waals surface area contributed by atoms with Crippen LogP contribution in [0.3, 0.4) is 0 Å². The van der Waals surface area contributed by atoms with Gasteiger partial charge >= 0.3 is 0 Å². The van der Waals surface area contributed by atoms with E-state index in [0.29, 0.717) is 11.3 Å². The van der Waals surface area contributed by atoms with Gasteiger partial charge in [-0.3, -0.25) is 5.41 Å². The van der Waals surface area contributed by atoms with E-state index in [0.717, 1.165) is 6.42 Å². The maximum absolute atomic E-state index is 13.3. The lowest BCUT2D eigenvalue weighted by Gasteiger charge is -2.13. The van der Waals surface area contributed by atoms with Crippen LogP contribution in [0.1, 0.15) is 19.8 Å². The number of nitrogens with one attached hydrogen (secondary N) is 1. The van der Waals surface area contributed by atoms with Gasteiger partial charge in [-0.05, 0) is 18.6 Å². The van der Waals surface area contributed by atoms with E-state index in [2.05, 4.69) is 0 Å². The normalized spacial score (nSPS) is 12.4. The fraction of sp³-hybridized carbons (Fsp3) is 0.364. The van der Waals surface area contributed by atoms with Crippen LogP contribution in [0, 0.1) is 11.2 Å². The third-order valence-electron chi connectivity index (χ3n) is 2.03. The summed E-state index contributed by atoms with van der Waals surface area (Å²) in [4.78, 5) is 0.630. The van der Waals surface area contributed by atoms with Crippen LogP contribution in [0.15, 0.2) is 29.2 Å². The van der Waals surface area contributed by atoms with Crippen molar-refractivity contribution in [3.63, 3.8) is 0 Å². The molecule has 0 saturated heterocycles. The van der Waals surface area contributed by atoms with Crippen molar-refractivity contribution < 1.29 is 4.39 Å². The van der Waals surface area contributed by atoms with Crippen LogP contribution in [0.5, 0.6) is 0 Å². The Balaban J connectivity index is 2.66. The summed E-state index contributed by atoms with van der Waals surface area (Å²) in [5.74, 6) is -0.0461. The second kappa shape index (κ2) is 5.75. The zero-order valence-electron chi connectivity index (χ0n) is 8.66. The van der Waals surface area contributed by atoms with Crippen molar-refractivity contribution in [1.29, 1.82) is 5.41 Å². The van der Waals surface area contributed by atoms with Gasteiger partial charge in [-0.15, -0.1) is 11.8 Å². The van der Waals surface area contributed by atoms with E-state index < -0.39 is 0 Å². The number of amidine groups is 1. The van der Waals surface area contributed by atoms with Gasteiger partial charge in [0, 0.05) is 16.6 Å². The zero-order chi connectivity index (χ0) is 11.3. The highest BCUT2D eigenvalue weighted by atomic mass is 32.2. The zero-order valence-corrected chi connectivity index (χ0v) is 9.48. The van der Waals surface area contributed by atoms with Crippen LogP contribution < -0.4 is 5.73 Å². The van der Waals surface area contributed by atoms with Gasteiger partial charge in [-0.25, -0.2) is 4.39 Å². The van der Waals surface area contributed by atoms with E-state index in [1.54, 1.807) is 12.1 Å². The van der Waals surface area contributed by atoms with Crippen molar-refractivity contribution in [2.45, 2.75) is 29.9 Å². The molecular weight excluding hydrogens is 211 g/mol. The van der Waals surface area contributed by atoms with Gasteiger partial charge in [0.1, 0.15) is 5.82 Å². The molecule has 82 valence electrons. The molecule has 0 aliphatic carbocycles. The summed E-state index contributed by atoms with van der Waals surface area (Å²) >= 11 is 1.45. The summed E-state index contributed by atoms with van der Waals surface area (Å²) < 4.78 is 13.3. The minimum Gasteiger partial charge on any atom is -0.388 e. The molecule has 0 fully saturated rings. The van der Waals surface area contributed by atoms with Crippen molar-refractivity contribution >= 4 is 17.6 Å². The molecule has 4 heteroatoms. The lowest BCUT2D eigenvalue weighted by atomic mass is 10.2. The Morgan fingerprint density at radius 1 is 1.53 bits per heavy atom. The minimum atomic E-state index is -0.204. The molecule has 1 atom stereocenters. The van der Waals surface area contributed by atoms with E-state index in [1.807, 2.05) is 13.0 Å². The quantitative estimate of drug-likeness (QED) is 0.460. The summed E-state index contributed by atoms with van der Waals surface area (Å²) in [6.07, 6.45) is 1.38. The number of hydrogen-bond acceptors (Lipinski definition) is 2. The Hall–Kier alpha value is -1.03. The average molecular weight is 226 g/mol. The molecule has 0 spiro atoms. The molecule has 0 heterocycles. The Kier molecular flexibility index (Phi) is 4.62. The maximum Gasteiger partial charge on any atom is 0.136 e. The number of halogens is 1. The van der Waals surface area contributed by atoms with E-state index in [9.17, 15) is 4.39 Å². The molecule has 0 aromatic heterocycles. The van der Waals surface area contributed by atoms with Gasteiger partial charge < -0.3 is 5.73 Å². The number of rotatable bonds is 5. The molecular formula is C11H15FN2S. The topological polar surface area (TPSA) is 49.9 Å². The van der Waals surface area contributed by atoms with Crippen molar-refractivity contribution in [2.24, 2.45) is 5.73 Å². The molecule has 1 unspecified atom stereocenters.